The van der Waals surface area contributed by atoms with E-state index in [2.05, 4.69) is 46.7 Å². The van der Waals surface area contributed by atoms with Crippen LogP contribution in [0.5, 0.6) is 5.88 Å². The molecule has 1 aromatic heterocycles. The summed E-state index contributed by atoms with van der Waals surface area (Å²) in [6.45, 7) is 0. The van der Waals surface area contributed by atoms with Crippen molar-refractivity contribution in [3.63, 3.8) is 0 Å². The van der Waals surface area contributed by atoms with Crippen LogP contribution in [-0.2, 0) is 12.8 Å². The van der Waals surface area contributed by atoms with Gasteiger partial charge in [-0.2, -0.15) is 0 Å². The molecule has 1 aromatic carbocycles. The highest BCUT2D eigenvalue weighted by Crippen LogP contribution is 2.12. The molecule has 106 valence electrons. The standard InChI is InChI=1S/C17H22N2O/c1-18-16(10-8-14-6-4-3-5-7-14)12-15-9-11-17(20-2)19-13-15/h3-7,9,11,13,16,18H,8,10,12H2,1-2H3. The summed E-state index contributed by atoms with van der Waals surface area (Å²) in [5.74, 6) is 0.666. The average Bonchev–Trinajstić information content (AvgIpc) is 2.53. The zero-order valence-corrected chi connectivity index (χ0v) is 12.2. The minimum atomic E-state index is 0.463. The maximum Gasteiger partial charge on any atom is 0.212 e. The van der Waals surface area contributed by atoms with E-state index < -0.39 is 0 Å². The van der Waals surface area contributed by atoms with Gasteiger partial charge in [0.25, 0.3) is 0 Å². The van der Waals surface area contributed by atoms with Gasteiger partial charge >= 0.3 is 0 Å². The molecule has 0 saturated carbocycles. The largest absolute Gasteiger partial charge is 0.481 e. The molecule has 0 radical (unpaired) electrons. The molecule has 20 heavy (non-hydrogen) atoms. The fourth-order valence-electron chi connectivity index (χ4n) is 2.27. The topological polar surface area (TPSA) is 34.1 Å². The van der Waals surface area contributed by atoms with Crippen molar-refractivity contribution in [3.05, 3.63) is 59.8 Å². The summed E-state index contributed by atoms with van der Waals surface area (Å²) < 4.78 is 5.08. The second-order valence-electron chi connectivity index (χ2n) is 4.92. The second-order valence-corrected chi connectivity index (χ2v) is 4.92. The van der Waals surface area contributed by atoms with E-state index in [1.165, 1.54) is 11.1 Å². The first-order valence-corrected chi connectivity index (χ1v) is 7.02. The molecule has 0 fully saturated rings. The minimum absolute atomic E-state index is 0.463. The molecule has 1 N–H and O–H groups in total. The van der Waals surface area contributed by atoms with E-state index >= 15 is 0 Å². The molecular weight excluding hydrogens is 248 g/mol. The van der Waals surface area contributed by atoms with Gasteiger partial charge in [0.05, 0.1) is 7.11 Å². The van der Waals surface area contributed by atoms with Crippen LogP contribution in [0, 0.1) is 0 Å². The number of benzene rings is 1. The third kappa shape index (κ3) is 4.35. The van der Waals surface area contributed by atoms with Gasteiger partial charge in [-0.05, 0) is 37.4 Å². The Kier molecular flexibility index (Phi) is 5.56. The summed E-state index contributed by atoms with van der Waals surface area (Å²) in [6.07, 6.45) is 5.09. The zero-order chi connectivity index (χ0) is 14.2. The number of hydrogen-bond acceptors (Lipinski definition) is 3. The highest BCUT2D eigenvalue weighted by atomic mass is 16.5. The molecule has 0 aliphatic carbocycles. The van der Waals surface area contributed by atoms with E-state index in [-0.39, 0.29) is 0 Å². The Morgan fingerprint density at radius 2 is 1.90 bits per heavy atom. The van der Waals surface area contributed by atoms with E-state index in [1.807, 2.05) is 19.3 Å². The van der Waals surface area contributed by atoms with Crippen molar-refractivity contribution in [1.29, 1.82) is 0 Å². The molecule has 0 saturated heterocycles. The summed E-state index contributed by atoms with van der Waals surface area (Å²) in [5.41, 5.74) is 2.62. The molecule has 2 aromatic rings. The Bertz CT molecular complexity index is 496. The third-order valence-corrected chi connectivity index (χ3v) is 3.52. The molecule has 0 aliphatic rings. The lowest BCUT2D eigenvalue weighted by molar-refractivity contribution is 0.397. The fraction of sp³-hybridized carbons (Fsp3) is 0.353. The lowest BCUT2D eigenvalue weighted by Crippen LogP contribution is -2.28. The van der Waals surface area contributed by atoms with Crippen LogP contribution in [0.3, 0.4) is 0 Å². The van der Waals surface area contributed by atoms with Crippen molar-refractivity contribution in [2.45, 2.75) is 25.3 Å². The zero-order valence-electron chi connectivity index (χ0n) is 12.2. The highest BCUT2D eigenvalue weighted by Gasteiger charge is 2.08. The first kappa shape index (κ1) is 14.5. The lowest BCUT2D eigenvalue weighted by atomic mass is 10.00. The normalized spacial score (nSPS) is 12.1. The quantitative estimate of drug-likeness (QED) is 0.840. The maximum absolute atomic E-state index is 5.08. The molecule has 0 spiro atoms. The summed E-state index contributed by atoms with van der Waals surface area (Å²) in [6, 6.07) is 15.1. The number of rotatable bonds is 7. The van der Waals surface area contributed by atoms with Crippen LogP contribution in [0.2, 0.25) is 0 Å². The van der Waals surface area contributed by atoms with Gasteiger partial charge in [-0.1, -0.05) is 36.4 Å². The van der Waals surface area contributed by atoms with Crippen molar-refractivity contribution in [1.82, 2.24) is 10.3 Å². The number of aromatic nitrogens is 1. The number of ether oxygens (including phenoxy) is 1. The predicted molar refractivity (Wildman–Crippen MR) is 82.1 cm³/mol. The monoisotopic (exact) mass is 270 g/mol. The number of likely N-dealkylation sites (N-methyl/N-ethyl adjacent to an activating group) is 1. The number of nitrogens with one attached hydrogen (secondary N) is 1. The van der Waals surface area contributed by atoms with Gasteiger partial charge < -0.3 is 10.1 Å². The van der Waals surface area contributed by atoms with Gasteiger partial charge in [-0.15, -0.1) is 0 Å². The SMILES string of the molecule is CNC(CCc1ccccc1)Cc1ccc(OC)nc1. The Morgan fingerprint density at radius 1 is 1.10 bits per heavy atom. The van der Waals surface area contributed by atoms with Gasteiger partial charge in [0.15, 0.2) is 0 Å². The molecule has 2 rings (SSSR count). The first-order valence-electron chi connectivity index (χ1n) is 7.02. The Labute approximate surface area is 121 Å². The van der Waals surface area contributed by atoms with Crippen LogP contribution in [-0.4, -0.2) is 25.2 Å². The third-order valence-electron chi connectivity index (χ3n) is 3.52. The van der Waals surface area contributed by atoms with Gasteiger partial charge in [0, 0.05) is 18.3 Å². The number of pyridine rings is 1. The molecule has 1 atom stereocenters. The van der Waals surface area contributed by atoms with Crippen molar-refractivity contribution in [3.8, 4) is 5.88 Å². The molecule has 1 unspecified atom stereocenters. The van der Waals surface area contributed by atoms with Crippen LogP contribution in [0.25, 0.3) is 0 Å². The molecule has 3 nitrogen and oxygen atoms in total. The Hall–Kier alpha value is -1.87. The summed E-state index contributed by atoms with van der Waals surface area (Å²) in [5, 5.41) is 3.39. The van der Waals surface area contributed by atoms with Crippen LogP contribution >= 0.6 is 0 Å². The summed E-state index contributed by atoms with van der Waals surface area (Å²) >= 11 is 0. The van der Waals surface area contributed by atoms with Gasteiger partial charge in [-0.25, -0.2) is 4.98 Å². The van der Waals surface area contributed by atoms with Gasteiger partial charge in [0.1, 0.15) is 0 Å². The number of nitrogens with zero attached hydrogens (tertiary/aromatic N) is 1. The van der Waals surface area contributed by atoms with Gasteiger partial charge in [0.2, 0.25) is 5.88 Å². The number of aryl methyl sites for hydroxylation is 1. The van der Waals surface area contributed by atoms with Gasteiger partial charge in [-0.3, -0.25) is 0 Å². The molecular formula is C17H22N2O. The van der Waals surface area contributed by atoms with E-state index in [4.69, 9.17) is 4.74 Å². The predicted octanol–water partition coefficient (Wildman–Crippen LogP) is 2.85. The maximum atomic E-state index is 5.08. The number of methoxy groups -OCH3 is 1. The fourth-order valence-corrected chi connectivity index (χ4v) is 2.27. The van der Waals surface area contributed by atoms with Crippen molar-refractivity contribution in [2.75, 3.05) is 14.2 Å². The van der Waals surface area contributed by atoms with E-state index in [1.54, 1.807) is 7.11 Å². The lowest BCUT2D eigenvalue weighted by Gasteiger charge is -2.16. The van der Waals surface area contributed by atoms with Crippen molar-refractivity contribution in [2.24, 2.45) is 0 Å². The first-order chi connectivity index (χ1) is 9.81. The van der Waals surface area contributed by atoms with Crippen molar-refractivity contribution < 1.29 is 4.74 Å². The molecule has 1 heterocycles. The molecule has 0 bridgehead atoms. The van der Waals surface area contributed by atoms with Crippen LogP contribution < -0.4 is 10.1 Å². The van der Waals surface area contributed by atoms with Crippen molar-refractivity contribution >= 4 is 0 Å². The summed E-state index contributed by atoms with van der Waals surface area (Å²) in [7, 11) is 3.66. The van der Waals surface area contributed by atoms with E-state index in [0.717, 1.165) is 19.3 Å². The highest BCUT2D eigenvalue weighted by molar-refractivity contribution is 5.19. The minimum Gasteiger partial charge on any atom is -0.481 e. The Balaban J connectivity index is 1.88. The molecule has 0 aliphatic heterocycles. The van der Waals surface area contributed by atoms with Crippen LogP contribution in [0.4, 0.5) is 0 Å². The molecule has 3 heteroatoms. The Morgan fingerprint density at radius 3 is 2.50 bits per heavy atom. The van der Waals surface area contributed by atoms with Crippen LogP contribution in [0.1, 0.15) is 17.5 Å². The van der Waals surface area contributed by atoms with E-state index in [0.29, 0.717) is 11.9 Å². The number of hydrogen-bond donors (Lipinski definition) is 1. The molecule has 0 amide bonds. The average molecular weight is 270 g/mol. The van der Waals surface area contributed by atoms with E-state index in [9.17, 15) is 0 Å². The summed E-state index contributed by atoms with van der Waals surface area (Å²) in [4.78, 5) is 4.25. The second kappa shape index (κ2) is 7.65. The van der Waals surface area contributed by atoms with Crippen LogP contribution in [0.15, 0.2) is 48.7 Å². The smallest absolute Gasteiger partial charge is 0.212 e.